The van der Waals surface area contributed by atoms with E-state index < -0.39 is 0 Å². The Labute approximate surface area is 112 Å². The van der Waals surface area contributed by atoms with Crippen molar-refractivity contribution in [2.45, 2.75) is 6.54 Å². The first-order chi connectivity index (χ1) is 9.28. The molecule has 0 amide bonds. The highest BCUT2D eigenvalue weighted by atomic mass is 16.7. The number of rotatable bonds is 3. The Morgan fingerprint density at radius 2 is 1.84 bits per heavy atom. The molecule has 0 unspecified atom stereocenters. The maximum absolute atomic E-state index is 5.68. The van der Waals surface area contributed by atoms with Crippen LogP contribution in [0, 0.1) is 0 Å². The van der Waals surface area contributed by atoms with E-state index in [4.69, 9.17) is 15.2 Å². The number of nitrogens with two attached hydrogens (primary N) is 1. The zero-order valence-electron chi connectivity index (χ0n) is 10.8. The third-order valence-electron chi connectivity index (χ3n) is 3.28. The number of nitrogens with zero attached hydrogens (tertiary/aromatic N) is 1. The van der Waals surface area contributed by atoms with Gasteiger partial charge in [-0.1, -0.05) is 12.1 Å². The van der Waals surface area contributed by atoms with E-state index in [0.29, 0.717) is 13.3 Å². The Balaban J connectivity index is 1.92. The van der Waals surface area contributed by atoms with Gasteiger partial charge in [0, 0.05) is 31.0 Å². The second-order valence-electron chi connectivity index (χ2n) is 4.47. The Bertz CT molecular complexity index is 598. The highest BCUT2D eigenvalue weighted by Crippen LogP contribution is 2.36. The van der Waals surface area contributed by atoms with Gasteiger partial charge in [-0.2, -0.15) is 0 Å². The van der Waals surface area contributed by atoms with Gasteiger partial charge in [0.2, 0.25) is 6.79 Å². The summed E-state index contributed by atoms with van der Waals surface area (Å²) in [6, 6.07) is 14.1. The van der Waals surface area contributed by atoms with Crippen LogP contribution in [-0.2, 0) is 6.54 Å². The summed E-state index contributed by atoms with van der Waals surface area (Å²) in [4.78, 5) is 2.10. The lowest BCUT2D eigenvalue weighted by molar-refractivity contribution is 0.174. The van der Waals surface area contributed by atoms with Crippen LogP contribution >= 0.6 is 0 Å². The smallest absolute Gasteiger partial charge is 0.231 e. The van der Waals surface area contributed by atoms with Gasteiger partial charge in [0.25, 0.3) is 0 Å². The standard InChI is InChI=1S/C15H16N2O2/c1-17(12-4-2-3-11(7-12)9-16)13-5-6-14-15(8-13)19-10-18-14/h2-8H,9-10,16H2,1H3. The molecule has 4 nitrogen and oxygen atoms in total. The molecule has 0 saturated carbocycles. The van der Waals surface area contributed by atoms with Gasteiger partial charge in [-0.25, -0.2) is 0 Å². The van der Waals surface area contributed by atoms with Crippen LogP contribution in [-0.4, -0.2) is 13.8 Å². The second-order valence-corrected chi connectivity index (χ2v) is 4.47. The molecule has 0 bridgehead atoms. The lowest BCUT2D eigenvalue weighted by Crippen LogP contribution is -2.10. The average molecular weight is 256 g/mol. The normalized spacial score (nSPS) is 12.5. The van der Waals surface area contributed by atoms with Crippen molar-refractivity contribution in [1.82, 2.24) is 0 Å². The molecular weight excluding hydrogens is 240 g/mol. The minimum absolute atomic E-state index is 0.297. The minimum Gasteiger partial charge on any atom is -0.454 e. The summed E-state index contributed by atoms with van der Waals surface area (Å²) in [5.41, 5.74) is 8.95. The van der Waals surface area contributed by atoms with E-state index >= 15 is 0 Å². The van der Waals surface area contributed by atoms with Crippen molar-refractivity contribution in [3.05, 3.63) is 48.0 Å². The lowest BCUT2D eigenvalue weighted by atomic mass is 10.1. The van der Waals surface area contributed by atoms with Crippen molar-refractivity contribution in [1.29, 1.82) is 0 Å². The van der Waals surface area contributed by atoms with Crippen LogP contribution in [0.2, 0.25) is 0 Å². The second kappa shape index (κ2) is 4.82. The summed E-state index contributed by atoms with van der Waals surface area (Å²) in [7, 11) is 2.02. The molecule has 4 heteroatoms. The number of hydrogen-bond acceptors (Lipinski definition) is 4. The first-order valence-electron chi connectivity index (χ1n) is 6.20. The highest BCUT2D eigenvalue weighted by Gasteiger charge is 2.15. The number of ether oxygens (including phenoxy) is 2. The number of anilines is 2. The maximum atomic E-state index is 5.68. The fourth-order valence-electron chi connectivity index (χ4n) is 2.13. The van der Waals surface area contributed by atoms with Crippen molar-refractivity contribution in [2.75, 3.05) is 18.7 Å². The monoisotopic (exact) mass is 256 g/mol. The average Bonchev–Trinajstić information content (AvgIpc) is 2.94. The van der Waals surface area contributed by atoms with Crippen molar-refractivity contribution in [2.24, 2.45) is 5.73 Å². The van der Waals surface area contributed by atoms with Gasteiger partial charge in [-0.15, -0.1) is 0 Å². The van der Waals surface area contributed by atoms with Gasteiger partial charge in [-0.3, -0.25) is 0 Å². The molecule has 2 aromatic rings. The van der Waals surface area contributed by atoms with E-state index in [2.05, 4.69) is 17.0 Å². The van der Waals surface area contributed by atoms with Crippen molar-refractivity contribution >= 4 is 11.4 Å². The molecule has 19 heavy (non-hydrogen) atoms. The SMILES string of the molecule is CN(c1cccc(CN)c1)c1ccc2c(c1)OCO2. The van der Waals surface area contributed by atoms with Crippen LogP contribution in [0.5, 0.6) is 11.5 Å². The van der Waals surface area contributed by atoms with Crippen molar-refractivity contribution < 1.29 is 9.47 Å². The summed E-state index contributed by atoms with van der Waals surface area (Å²) in [5, 5.41) is 0. The molecule has 0 saturated heterocycles. The largest absolute Gasteiger partial charge is 0.454 e. The quantitative estimate of drug-likeness (QED) is 0.917. The van der Waals surface area contributed by atoms with Gasteiger partial charge in [0.15, 0.2) is 11.5 Å². The van der Waals surface area contributed by atoms with Crippen LogP contribution in [0.4, 0.5) is 11.4 Å². The molecule has 0 atom stereocenters. The van der Waals surface area contributed by atoms with E-state index in [1.54, 1.807) is 0 Å². The van der Waals surface area contributed by atoms with Gasteiger partial charge < -0.3 is 20.1 Å². The molecule has 2 N–H and O–H groups in total. The number of fused-ring (bicyclic) bond motifs is 1. The third kappa shape index (κ3) is 2.22. The van der Waals surface area contributed by atoms with Crippen LogP contribution in [0.1, 0.15) is 5.56 Å². The first-order valence-corrected chi connectivity index (χ1v) is 6.20. The highest BCUT2D eigenvalue weighted by molar-refractivity contribution is 5.66. The topological polar surface area (TPSA) is 47.7 Å². The summed E-state index contributed by atoms with van der Waals surface area (Å²) >= 11 is 0. The van der Waals surface area contributed by atoms with E-state index in [9.17, 15) is 0 Å². The Morgan fingerprint density at radius 3 is 2.68 bits per heavy atom. The van der Waals surface area contributed by atoms with E-state index in [1.165, 1.54) is 0 Å². The molecule has 0 aromatic heterocycles. The van der Waals surface area contributed by atoms with Crippen LogP contribution in [0.3, 0.4) is 0 Å². The van der Waals surface area contributed by atoms with E-state index in [1.807, 2.05) is 37.4 Å². The Kier molecular flexibility index (Phi) is 3.01. The van der Waals surface area contributed by atoms with Crippen molar-refractivity contribution in [3.63, 3.8) is 0 Å². The Morgan fingerprint density at radius 1 is 1.05 bits per heavy atom. The molecule has 1 aliphatic rings. The predicted octanol–water partition coefficient (Wildman–Crippen LogP) is 2.64. The number of hydrogen-bond donors (Lipinski definition) is 1. The third-order valence-corrected chi connectivity index (χ3v) is 3.28. The molecular formula is C15H16N2O2. The molecule has 1 heterocycles. The molecule has 0 radical (unpaired) electrons. The van der Waals surface area contributed by atoms with Gasteiger partial charge in [0.1, 0.15) is 0 Å². The molecule has 3 rings (SSSR count). The van der Waals surface area contributed by atoms with E-state index in [0.717, 1.165) is 28.4 Å². The first kappa shape index (κ1) is 11.9. The zero-order valence-corrected chi connectivity index (χ0v) is 10.8. The lowest BCUT2D eigenvalue weighted by Gasteiger charge is -2.20. The maximum Gasteiger partial charge on any atom is 0.231 e. The van der Waals surface area contributed by atoms with Crippen molar-refractivity contribution in [3.8, 4) is 11.5 Å². The van der Waals surface area contributed by atoms with Crippen LogP contribution in [0.25, 0.3) is 0 Å². The van der Waals surface area contributed by atoms with E-state index in [-0.39, 0.29) is 0 Å². The van der Waals surface area contributed by atoms with Crippen LogP contribution < -0.4 is 20.1 Å². The van der Waals surface area contributed by atoms with Gasteiger partial charge in [-0.05, 0) is 29.8 Å². The van der Waals surface area contributed by atoms with Gasteiger partial charge >= 0.3 is 0 Å². The van der Waals surface area contributed by atoms with Gasteiger partial charge in [0.05, 0.1) is 0 Å². The van der Waals surface area contributed by atoms with Crippen LogP contribution in [0.15, 0.2) is 42.5 Å². The summed E-state index contributed by atoms with van der Waals surface area (Å²) < 4.78 is 10.7. The minimum atomic E-state index is 0.297. The molecule has 0 aliphatic carbocycles. The molecule has 98 valence electrons. The Hall–Kier alpha value is -2.20. The molecule has 0 spiro atoms. The molecule has 0 fully saturated rings. The molecule has 2 aromatic carbocycles. The number of benzene rings is 2. The summed E-state index contributed by atoms with van der Waals surface area (Å²) in [5.74, 6) is 1.59. The fraction of sp³-hybridized carbons (Fsp3) is 0.200. The predicted molar refractivity (Wildman–Crippen MR) is 75.0 cm³/mol. The molecule has 1 aliphatic heterocycles. The zero-order chi connectivity index (χ0) is 13.2. The fourth-order valence-corrected chi connectivity index (χ4v) is 2.13. The summed E-state index contributed by atoms with van der Waals surface area (Å²) in [6.07, 6.45) is 0. The summed E-state index contributed by atoms with van der Waals surface area (Å²) in [6.45, 7) is 0.841.